The lowest BCUT2D eigenvalue weighted by atomic mass is 9.50. The molecule has 0 saturated heterocycles. The predicted molar refractivity (Wildman–Crippen MR) is 136 cm³/mol. The smallest absolute Gasteiger partial charge is 0.0361 e. The van der Waals surface area contributed by atoms with Gasteiger partial charge in [0.25, 0.3) is 0 Å². The summed E-state index contributed by atoms with van der Waals surface area (Å²) < 4.78 is 0. The van der Waals surface area contributed by atoms with Crippen molar-refractivity contribution in [1.29, 1.82) is 0 Å². The SMILES string of the molecule is C=C(NC1CC2(CC(C)C2)C1)C(/C=N\C)=C(C)\C=C/C(CCC(C)(C)C)=C(\C)C1CC1. The molecule has 1 spiro atoms. The third-order valence-corrected chi connectivity index (χ3v) is 7.68. The fourth-order valence-electron chi connectivity index (χ4n) is 5.73. The minimum absolute atomic E-state index is 0.365. The molecule has 1 N–H and O–H groups in total. The minimum Gasteiger partial charge on any atom is -0.382 e. The van der Waals surface area contributed by atoms with Gasteiger partial charge in [0.2, 0.25) is 0 Å². The third-order valence-electron chi connectivity index (χ3n) is 7.68. The molecule has 0 aromatic heterocycles. The third kappa shape index (κ3) is 6.46. The molecule has 0 radical (unpaired) electrons. The van der Waals surface area contributed by atoms with Crippen LogP contribution < -0.4 is 5.32 Å². The zero-order valence-corrected chi connectivity index (χ0v) is 21.3. The van der Waals surface area contributed by atoms with E-state index in [1.165, 1.54) is 56.1 Å². The molecule has 3 fully saturated rings. The highest BCUT2D eigenvalue weighted by molar-refractivity contribution is 5.85. The molecule has 0 atom stereocenters. The number of allylic oxidation sites excluding steroid dienone is 6. The molecule has 3 saturated carbocycles. The molecular formula is C29H46N2. The van der Waals surface area contributed by atoms with Gasteiger partial charge in [0.15, 0.2) is 0 Å². The molecule has 2 nitrogen and oxygen atoms in total. The second-order valence-electron chi connectivity index (χ2n) is 12.1. The summed E-state index contributed by atoms with van der Waals surface area (Å²) in [4.78, 5) is 4.33. The van der Waals surface area contributed by atoms with E-state index < -0.39 is 0 Å². The van der Waals surface area contributed by atoms with Crippen LogP contribution in [0.4, 0.5) is 0 Å². The van der Waals surface area contributed by atoms with Gasteiger partial charge in [-0.1, -0.05) is 52.0 Å². The van der Waals surface area contributed by atoms with Gasteiger partial charge in [-0.15, -0.1) is 0 Å². The van der Waals surface area contributed by atoms with E-state index >= 15 is 0 Å². The van der Waals surface area contributed by atoms with E-state index in [9.17, 15) is 0 Å². The van der Waals surface area contributed by atoms with Gasteiger partial charge >= 0.3 is 0 Å². The van der Waals surface area contributed by atoms with Gasteiger partial charge in [-0.25, -0.2) is 0 Å². The molecule has 31 heavy (non-hydrogen) atoms. The van der Waals surface area contributed by atoms with Crippen molar-refractivity contribution < 1.29 is 0 Å². The van der Waals surface area contributed by atoms with Crippen LogP contribution in [0.2, 0.25) is 0 Å². The van der Waals surface area contributed by atoms with E-state index in [0.29, 0.717) is 16.9 Å². The Kier molecular flexibility index (Phi) is 7.39. The van der Waals surface area contributed by atoms with Gasteiger partial charge in [0.05, 0.1) is 0 Å². The van der Waals surface area contributed by atoms with Crippen LogP contribution in [0.15, 0.2) is 51.7 Å². The monoisotopic (exact) mass is 422 g/mol. The van der Waals surface area contributed by atoms with Crippen LogP contribution in [-0.4, -0.2) is 19.3 Å². The quantitative estimate of drug-likeness (QED) is 0.297. The highest BCUT2D eigenvalue weighted by Gasteiger charge is 2.51. The maximum Gasteiger partial charge on any atom is 0.0361 e. The molecule has 3 rings (SSSR count). The van der Waals surface area contributed by atoms with Crippen molar-refractivity contribution in [2.45, 2.75) is 99.0 Å². The van der Waals surface area contributed by atoms with Gasteiger partial charge in [-0.3, -0.25) is 4.99 Å². The summed E-state index contributed by atoms with van der Waals surface area (Å²) in [5.74, 6) is 1.75. The Balaban J connectivity index is 1.68. The van der Waals surface area contributed by atoms with Crippen molar-refractivity contribution in [1.82, 2.24) is 5.32 Å². The Morgan fingerprint density at radius 2 is 1.74 bits per heavy atom. The number of aliphatic imine (C=N–C) groups is 1. The molecule has 3 aliphatic rings. The van der Waals surface area contributed by atoms with Gasteiger partial charge < -0.3 is 5.32 Å². The largest absolute Gasteiger partial charge is 0.382 e. The van der Waals surface area contributed by atoms with Crippen molar-refractivity contribution in [2.75, 3.05) is 7.05 Å². The Bertz CT molecular complexity index is 781. The first-order chi connectivity index (χ1) is 14.5. The second-order valence-corrected chi connectivity index (χ2v) is 12.1. The van der Waals surface area contributed by atoms with E-state index in [4.69, 9.17) is 0 Å². The summed E-state index contributed by atoms with van der Waals surface area (Å²) in [6.07, 6.45) is 17.2. The van der Waals surface area contributed by atoms with Crippen molar-refractivity contribution in [3.8, 4) is 0 Å². The normalized spacial score (nSPS) is 30.2. The number of hydrogen-bond donors (Lipinski definition) is 1. The topological polar surface area (TPSA) is 24.4 Å². The van der Waals surface area contributed by atoms with Gasteiger partial charge in [-0.2, -0.15) is 0 Å². The van der Waals surface area contributed by atoms with Crippen LogP contribution >= 0.6 is 0 Å². The first-order valence-electron chi connectivity index (χ1n) is 12.5. The Morgan fingerprint density at radius 1 is 1.10 bits per heavy atom. The fourth-order valence-corrected chi connectivity index (χ4v) is 5.73. The summed E-state index contributed by atoms with van der Waals surface area (Å²) >= 11 is 0. The average molecular weight is 423 g/mol. The summed E-state index contributed by atoms with van der Waals surface area (Å²) in [7, 11) is 1.85. The molecule has 0 amide bonds. The van der Waals surface area contributed by atoms with Crippen LogP contribution in [0.5, 0.6) is 0 Å². The lowest BCUT2D eigenvalue weighted by Gasteiger charge is -2.57. The number of hydrogen-bond acceptors (Lipinski definition) is 2. The molecule has 0 heterocycles. The summed E-state index contributed by atoms with van der Waals surface area (Å²) in [5, 5.41) is 3.71. The first kappa shape index (κ1) is 24.1. The average Bonchev–Trinajstić information content (AvgIpc) is 3.46. The summed E-state index contributed by atoms with van der Waals surface area (Å²) in [6, 6.07) is 0.580. The van der Waals surface area contributed by atoms with Gasteiger partial charge in [-0.05, 0) is 99.0 Å². The Hall–Kier alpha value is -1.57. The Morgan fingerprint density at radius 3 is 2.26 bits per heavy atom. The van der Waals surface area contributed by atoms with Crippen LogP contribution in [0.1, 0.15) is 92.9 Å². The first-order valence-corrected chi connectivity index (χ1v) is 12.5. The zero-order valence-electron chi connectivity index (χ0n) is 21.3. The molecule has 0 aliphatic heterocycles. The molecule has 172 valence electrons. The maximum absolute atomic E-state index is 4.39. The second kappa shape index (κ2) is 9.51. The fraction of sp³-hybridized carbons (Fsp3) is 0.690. The summed E-state index contributed by atoms with van der Waals surface area (Å²) in [6.45, 7) is 18.3. The molecule has 2 heteroatoms. The Labute approximate surface area is 192 Å². The van der Waals surface area contributed by atoms with Crippen molar-refractivity contribution in [3.05, 3.63) is 46.7 Å². The summed E-state index contributed by atoms with van der Waals surface area (Å²) in [5.41, 5.74) is 7.56. The molecular weight excluding hydrogens is 376 g/mol. The van der Waals surface area contributed by atoms with Crippen molar-refractivity contribution >= 4 is 6.21 Å². The van der Waals surface area contributed by atoms with E-state index in [1.807, 2.05) is 13.3 Å². The maximum atomic E-state index is 4.39. The zero-order chi connectivity index (χ0) is 22.8. The highest BCUT2D eigenvalue weighted by Crippen LogP contribution is 2.58. The van der Waals surface area contributed by atoms with E-state index in [-0.39, 0.29) is 0 Å². The van der Waals surface area contributed by atoms with Crippen LogP contribution in [0, 0.1) is 22.7 Å². The van der Waals surface area contributed by atoms with E-state index in [1.54, 1.807) is 5.57 Å². The number of nitrogens with one attached hydrogen (secondary N) is 1. The number of nitrogens with zero attached hydrogens (tertiary/aromatic N) is 1. The molecule has 0 bridgehead atoms. The van der Waals surface area contributed by atoms with Crippen LogP contribution in [0.3, 0.4) is 0 Å². The van der Waals surface area contributed by atoms with Crippen molar-refractivity contribution in [2.24, 2.45) is 27.7 Å². The van der Waals surface area contributed by atoms with E-state index in [2.05, 4.69) is 70.6 Å². The lowest BCUT2D eigenvalue weighted by Crippen LogP contribution is -2.54. The number of rotatable bonds is 9. The van der Waals surface area contributed by atoms with Gasteiger partial charge in [0, 0.05) is 30.6 Å². The predicted octanol–water partition coefficient (Wildman–Crippen LogP) is 7.79. The molecule has 3 aliphatic carbocycles. The standard InChI is InChI=1S/C29H46N2/c1-20-15-29(16-20)17-26(18-29)31-23(4)27(19-30-8)21(2)9-10-25(13-14-28(5,6)7)22(3)24-11-12-24/h9-10,19-20,24,26,31H,4,11-18H2,1-3,5-8H3/b10-9-,25-22-,27-21-,30-19-. The lowest BCUT2D eigenvalue weighted by molar-refractivity contribution is -0.0392. The van der Waals surface area contributed by atoms with E-state index in [0.717, 1.165) is 29.5 Å². The molecule has 0 aromatic rings. The molecule has 0 unspecified atom stereocenters. The minimum atomic E-state index is 0.365. The highest BCUT2D eigenvalue weighted by atomic mass is 15.0. The van der Waals surface area contributed by atoms with Crippen LogP contribution in [-0.2, 0) is 0 Å². The van der Waals surface area contributed by atoms with Crippen LogP contribution in [0.25, 0.3) is 0 Å². The molecule has 0 aromatic carbocycles. The van der Waals surface area contributed by atoms with Crippen molar-refractivity contribution in [3.63, 3.8) is 0 Å². The van der Waals surface area contributed by atoms with Gasteiger partial charge in [0.1, 0.15) is 0 Å².